The molecule has 0 fully saturated rings. The number of aryl methyl sites for hydroxylation is 4. The maximum Gasteiger partial charge on any atom is 2.00 e. The first kappa shape index (κ1) is 116. The van der Waals surface area contributed by atoms with E-state index in [9.17, 15) is 0 Å². The third kappa shape index (κ3) is 29.2. The van der Waals surface area contributed by atoms with Gasteiger partial charge in [0.05, 0.1) is 34.2 Å². The van der Waals surface area contributed by atoms with Crippen molar-refractivity contribution in [1.82, 2.24) is 80.7 Å². The van der Waals surface area contributed by atoms with Crippen molar-refractivity contribution in [2.75, 3.05) is 4.90 Å². The number of pyridine rings is 8. The van der Waals surface area contributed by atoms with E-state index in [0.717, 1.165) is 188 Å². The Hall–Kier alpha value is -14.2. The zero-order valence-electron chi connectivity index (χ0n) is 83.6. The van der Waals surface area contributed by atoms with Crippen molar-refractivity contribution in [2.45, 2.75) is 116 Å². The van der Waals surface area contributed by atoms with Crippen LogP contribution in [-0.4, -0.2) is 78.6 Å². The summed E-state index contributed by atoms with van der Waals surface area (Å²) < 4.78 is 0. The van der Waals surface area contributed by atoms with Crippen LogP contribution in [0.2, 0.25) is 0 Å². The second-order valence-electron chi connectivity index (χ2n) is 33.9. The average molecular weight is 2720 g/mol. The number of nitrogens with zero attached hydrogens (tertiary/aromatic N) is 17. The summed E-state index contributed by atoms with van der Waals surface area (Å²) in [5.74, 6) is 2.25. The summed E-state index contributed by atoms with van der Waals surface area (Å²) in [5.41, 5.74) is 21.4. The van der Waals surface area contributed by atoms with Crippen LogP contribution in [0.5, 0.6) is 11.5 Å². The van der Waals surface area contributed by atoms with E-state index in [1.165, 1.54) is 10.4 Å². The van der Waals surface area contributed by atoms with Gasteiger partial charge in [-0.1, -0.05) is 336 Å². The van der Waals surface area contributed by atoms with Crippen molar-refractivity contribution in [3.05, 3.63) is 522 Å². The minimum Gasteiger partial charge on any atom is -0.780 e. The van der Waals surface area contributed by atoms with Gasteiger partial charge in [-0.3, -0.25) is 34.8 Å². The fourth-order valence-electron chi connectivity index (χ4n) is 16.8. The number of anilines is 3. The van der Waals surface area contributed by atoms with Gasteiger partial charge in [-0.05, 0) is 244 Å². The van der Waals surface area contributed by atoms with Crippen LogP contribution in [0.1, 0.15) is 120 Å². The zero-order chi connectivity index (χ0) is 101. The van der Waals surface area contributed by atoms with Gasteiger partial charge in [0, 0.05) is 123 Å². The summed E-state index contributed by atoms with van der Waals surface area (Å²) >= 11 is 9.62. The maximum absolute atomic E-state index is 8.63. The fraction of sp³-hybridized carbons (Fsp3) is 0.131. The summed E-state index contributed by atoms with van der Waals surface area (Å²) in [6.07, 6.45) is 10.8. The smallest absolute Gasteiger partial charge is 0.780 e. The Morgan fingerprint density at radius 3 is 0.926 bits per heavy atom. The molecular weight excluding hydrogens is 2610 g/mol. The number of hydrogen-bond donors (Lipinski definition) is 2. The van der Waals surface area contributed by atoms with Crippen molar-refractivity contribution in [3.63, 3.8) is 0 Å². The molecular formula is C122H113N17O2Pt4S2Si-2. The quantitative estimate of drug-likeness (QED) is 0.0501. The van der Waals surface area contributed by atoms with E-state index in [1.54, 1.807) is 54.7 Å². The molecule has 19 nitrogen and oxygen atoms in total. The van der Waals surface area contributed by atoms with Crippen LogP contribution in [-0.2, 0) is 146 Å². The molecule has 21 aromatic rings. The van der Waals surface area contributed by atoms with Crippen molar-refractivity contribution in [1.29, 1.82) is 0 Å². The predicted molar refractivity (Wildman–Crippen MR) is 586 cm³/mol. The molecule has 0 aliphatic rings. The minimum atomic E-state index is -2.75. The Balaban J connectivity index is 0.000000184. The standard InChI is InChI=1S/C29H25N4.C28H25N4Si.C22H20N5.C19H21N4.2C6H6O.2C6H6S.4Pt/c1-3-24-21(2)28(33-32-24)25-17-12-19-27(31-25)29(22-13-6-4-7-14-22,23-15-8-5-9-16-23)26-18-10-11-20-30-26;1-3-24-21(2)28(32-31-24)25-17-12-19-27(30-25)33(22-13-6-4-7-14-22,23-15-8-5-9-16-23)26-18-10-11-20-29-26;1-3-18-16(2)22(26-25-18)19-12-9-14-21(24-19)27(17-10-5-4-6-11-17)20-13-7-8-15-23-20;1-5-14-13(2)18(23-22-14)15-9-8-11-17(21-15)19(3,4)16-10-6-7-12-20-16;4*7-6-4-2-1-3-5-6;;;;/h2*4-20H,3H2,1-2H3;4-15H,3H2,1-2H3;6-12H,5H2,1-4H3;4*1-5,7H;;;;/q4*-1;;;;;;;2*+2/p-2. The summed E-state index contributed by atoms with van der Waals surface area (Å²) in [6.45, 7) is 20.9. The molecule has 0 unspecified atom stereocenters. The van der Waals surface area contributed by atoms with Crippen LogP contribution in [0.3, 0.4) is 0 Å². The third-order valence-corrected chi connectivity index (χ3v) is 29.3. The number of phenolic OH excluding ortho intramolecular Hbond substituents is 2. The molecule has 0 aliphatic carbocycles. The molecule has 0 saturated carbocycles. The van der Waals surface area contributed by atoms with Gasteiger partial charge in [0.2, 0.25) is 8.07 Å². The molecule has 0 aliphatic heterocycles. The molecule has 9 aromatic carbocycles. The van der Waals surface area contributed by atoms with Gasteiger partial charge in [-0.15, -0.1) is 0 Å². The summed E-state index contributed by atoms with van der Waals surface area (Å²) in [4.78, 5) is 42.9. The molecule has 756 valence electrons. The molecule has 0 saturated heterocycles. The van der Waals surface area contributed by atoms with E-state index in [2.05, 4.69) is 272 Å². The largest absolute Gasteiger partial charge is 2.00 e. The molecule has 12 heterocycles. The number of benzene rings is 9. The second-order valence-corrected chi connectivity index (χ2v) is 38.5. The van der Waals surface area contributed by atoms with Crippen molar-refractivity contribution >= 4 is 71.7 Å². The van der Waals surface area contributed by atoms with Crippen molar-refractivity contribution < 1.29 is 94.5 Å². The first-order valence-corrected chi connectivity index (χ1v) is 50.7. The first-order valence-electron chi connectivity index (χ1n) is 47.9. The zero-order valence-corrected chi connectivity index (χ0v) is 95.3. The molecule has 26 heteroatoms. The monoisotopic (exact) mass is 2720 g/mol. The van der Waals surface area contributed by atoms with E-state index < -0.39 is 13.5 Å². The van der Waals surface area contributed by atoms with Gasteiger partial charge in [-0.2, -0.15) is 9.79 Å². The minimum absolute atomic E-state index is 0. The first-order chi connectivity index (χ1) is 70.4. The van der Waals surface area contributed by atoms with Gasteiger partial charge in [-0.25, -0.2) is 9.97 Å². The van der Waals surface area contributed by atoms with Gasteiger partial charge < -0.3 is 76.3 Å². The van der Waals surface area contributed by atoms with Crippen LogP contribution in [0, 0.1) is 27.7 Å². The van der Waals surface area contributed by atoms with Gasteiger partial charge >= 0.3 is 42.1 Å². The number of rotatable bonds is 21. The molecule has 0 bridgehead atoms. The van der Waals surface area contributed by atoms with E-state index in [4.69, 9.17) is 65.4 Å². The maximum atomic E-state index is 8.63. The Morgan fingerprint density at radius 2 is 0.581 bits per heavy atom. The SMILES string of the molecule is CCc1n[n-]c(-c2cccc(C(C)(C)c3ccccn3)n2)c1C.CCc1n[n-]c(-c2cccc(C(c3ccccc3)(c3ccccc3)c3ccccn3)n2)c1C.CCc1n[n-]c(-c2cccc(N(c3ccccc3)c3ccccn3)n2)c1C.CCc1n[n-]c(-c2cccc([Si](c3ccccc3)(c3ccccc3)c3ccccn3)n2)c1C.Oc1ccccc1.Oc1ccccc1.[Pt+2].[Pt+2].[Pt].[Pt].[S-]c1ccccc1.[S-]c1ccccc1. The van der Waals surface area contributed by atoms with E-state index in [-0.39, 0.29) is 89.7 Å². The molecule has 148 heavy (non-hydrogen) atoms. The molecule has 0 amide bonds. The molecule has 0 atom stereocenters. The summed E-state index contributed by atoms with van der Waals surface area (Å²) in [7, 11) is -2.75. The second kappa shape index (κ2) is 58.4. The average Bonchev–Trinajstić information content (AvgIpc) is 0.951. The Kier molecular flexibility index (Phi) is 45.7. The molecule has 12 aromatic heterocycles. The van der Waals surface area contributed by atoms with Gasteiger partial charge in [0.25, 0.3) is 0 Å². The molecule has 2 N–H and O–H groups in total. The van der Waals surface area contributed by atoms with Crippen molar-refractivity contribution in [2.24, 2.45) is 0 Å². The van der Waals surface area contributed by atoms with E-state index in [1.807, 2.05) is 242 Å². The number of para-hydroxylation sites is 3. The van der Waals surface area contributed by atoms with Crippen LogP contribution in [0.15, 0.2) is 453 Å². The van der Waals surface area contributed by atoms with E-state index >= 15 is 0 Å². The van der Waals surface area contributed by atoms with Gasteiger partial charge in [0.15, 0.2) is 0 Å². The topological polar surface area (TPSA) is 255 Å². The Labute approximate surface area is 937 Å². The number of aromatic nitrogens is 16. The number of aromatic hydroxyl groups is 2. The normalized spacial score (nSPS) is 10.5. The number of phenols is 2. The van der Waals surface area contributed by atoms with Gasteiger partial charge in [0.1, 0.15) is 28.5 Å². The summed E-state index contributed by atoms with van der Waals surface area (Å²) in [6, 6.07) is 138. The molecule has 21 rings (SSSR count). The van der Waals surface area contributed by atoms with Crippen LogP contribution in [0.4, 0.5) is 17.3 Å². The Morgan fingerprint density at radius 1 is 0.284 bits per heavy atom. The fourth-order valence-corrected chi connectivity index (χ4v) is 21.5. The van der Waals surface area contributed by atoms with E-state index in [0.29, 0.717) is 11.5 Å². The predicted octanol–water partition coefficient (Wildman–Crippen LogP) is 23.0. The third-order valence-electron chi connectivity index (χ3n) is 24.3. The Bertz CT molecular complexity index is 6850. The van der Waals surface area contributed by atoms with Crippen LogP contribution in [0.25, 0.3) is 45.6 Å². The summed E-state index contributed by atoms with van der Waals surface area (Å²) in [5, 5.41) is 56.8. The molecule has 0 radical (unpaired) electrons. The number of hydrogen-bond acceptors (Lipinski definition) is 17. The van der Waals surface area contributed by atoms with Crippen molar-refractivity contribution in [3.8, 4) is 57.1 Å². The van der Waals surface area contributed by atoms with Crippen LogP contribution >= 0.6 is 0 Å². The molecule has 0 spiro atoms. The van der Waals surface area contributed by atoms with Crippen LogP contribution < -0.4 is 46.3 Å².